The van der Waals surface area contributed by atoms with Crippen molar-refractivity contribution in [2.45, 2.75) is 28.7 Å². The predicted octanol–water partition coefficient (Wildman–Crippen LogP) is 4.91. The first-order chi connectivity index (χ1) is 14.8. The number of benzene rings is 2. The van der Waals surface area contributed by atoms with Gasteiger partial charge in [-0.15, -0.1) is 0 Å². The second kappa shape index (κ2) is 9.11. The summed E-state index contributed by atoms with van der Waals surface area (Å²) in [5, 5.41) is 15.0. The van der Waals surface area contributed by atoms with E-state index in [0.717, 1.165) is 22.2 Å². The molecule has 2 aromatic carbocycles. The minimum atomic E-state index is -1.71. The molecule has 31 heavy (non-hydrogen) atoms. The first-order valence-corrected chi connectivity index (χ1v) is 11.6. The molecule has 0 aliphatic rings. The number of thioether (sulfide) groups is 1. The van der Waals surface area contributed by atoms with Gasteiger partial charge < -0.3 is 5.11 Å². The van der Waals surface area contributed by atoms with Crippen molar-refractivity contribution in [3.8, 4) is 11.4 Å². The fourth-order valence-electron chi connectivity index (χ4n) is 3.06. The standard InChI is InChI=1S/C20H16BrF2N5OS2/c1-12(30-19-26-18(27-31-19)13-2-4-14(21)5-3-13)20(29,9-28-11-24-10-25-28)16-7-6-15(22)8-17(16)23/h2-8,10-12,29H,9H2,1H3/t12-,20-/m1/s1. The molecule has 0 saturated carbocycles. The summed E-state index contributed by atoms with van der Waals surface area (Å²) in [7, 11) is 0. The molecular weight excluding hydrogens is 508 g/mol. The van der Waals surface area contributed by atoms with Gasteiger partial charge in [0.2, 0.25) is 0 Å². The Morgan fingerprint density at radius 1 is 1.23 bits per heavy atom. The van der Waals surface area contributed by atoms with Gasteiger partial charge in [0, 0.05) is 26.9 Å². The van der Waals surface area contributed by atoms with Gasteiger partial charge in [-0.05, 0) is 36.7 Å². The van der Waals surface area contributed by atoms with Gasteiger partial charge in [-0.3, -0.25) is 0 Å². The van der Waals surface area contributed by atoms with Crippen molar-refractivity contribution in [1.29, 1.82) is 0 Å². The third kappa shape index (κ3) is 4.84. The summed E-state index contributed by atoms with van der Waals surface area (Å²) < 4.78 is 35.5. The average molecular weight is 524 g/mol. The highest BCUT2D eigenvalue weighted by molar-refractivity contribution is 9.10. The van der Waals surface area contributed by atoms with E-state index in [1.807, 2.05) is 24.3 Å². The number of nitrogens with zero attached hydrogens (tertiary/aromatic N) is 5. The zero-order valence-corrected chi connectivity index (χ0v) is 19.3. The Morgan fingerprint density at radius 2 is 2.00 bits per heavy atom. The molecule has 2 aromatic heterocycles. The van der Waals surface area contributed by atoms with Crippen molar-refractivity contribution in [2.75, 3.05) is 0 Å². The molecule has 0 amide bonds. The van der Waals surface area contributed by atoms with E-state index in [4.69, 9.17) is 0 Å². The van der Waals surface area contributed by atoms with Crippen LogP contribution in [0.5, 0.6) is 0 Å². The lowest BCUT2D eigenvalue weighted by Gasteiger charge is -2.33. The highest BCUT2D eigenvalue weighted by atomic mass is 79.9. The molecule has 6 nitrogen and oxygen atoms in total. The maximum atomic E-state index is 14.6. The summed E-state index contributed by atoms with van der Waals surface area (Å²) in [4.78, 5) is 8.43. The minimum Gasteiger partial charge on any atom is -0.382 e. The van der Waals surface area contributed by atoms with Crippen LogP contribution in [0.3, 0.4) is 0 Å². The molecule has 160 valence electrons. The van der Waals surface area contributed by atoms with Crippen LogP contribution in [0.25, 0.3) is 11.4 Å². The summed E-state index contributed by atoms with van der Waals surface area (Å²) in [6.07, 6.45) is 2.76. The van der Waals surface area contributed by atoms with Gasteiger partial charge in [0.25, 0.3) is 0 Å². The van der Waals surface area contributed by atoms with Gasteiger partial charge in [-0.25, -0.2) is 23.4 Å². The van der Waals surface area contributed by atoms with Crippen molar-refractivity contribution in [3.63, 3.8) is 0 Å². The van der Waals surface area contributed by atoms with E-state index in [9.17, 15) is 13.9 Å². The molecule has 0 aliphatic carbocycles. The average Bonchev–Trinajstić information content (AvgIpc) is 3.40. The molecule has 4 rings (SSSR count). The SMILES string of the molecule is C[C@@H](Sc1nc(-c2ccc(Br)cc2)ns1)[C@](O)(Cn1cncn1)c1ccc(F)cc1F. The van der Waals surface area contributed by atoms with Crippen molar-refractivity contribution in [1.82, 2.24) is 24.1 Å². The fourth-order valence-corrected chi connectivity index (χ4v) is 5.31. The number of aromatic nitrogens is 5. The summed E-state index contributed by atoms with van der Waals surface area (Å²) in [6.45, 7) is 1.69. The lowest BCUT2D eigenvalue weighted by atomic mass is 9.90. The Morgan fingerprint density at radius 3 is 2.68 bits per heavy atom. The molecule has 4 aromatic rings. The Kier molecular flexibility index (Phi) is 6.47. The Bertz CT molecular complexity index is 1170. The van der Waals surface area contributed by atoms with Gasteiger partial charge in [0.1, 0.15) is 29.9 Å². The van der Waals surface area contributed by atoms with E-state index in [0.29, 0.717) is 10.2 Å². The molecule has 0 aliphatic heterocycles. The van der Waals surface area contributed by atoms with Gasteiger partial charge in [-0.2, -0.15) is 9.47 Å². The molecule has 0 radical (unpaired) electrons. The van der Waals surface area contributed by atoms with E-state index in [2.05, 4.69) is 35.4 Å². The molecule has 11 heteroatoms. The summed E-state index contributed by atoms with van der Waals surface area (Å²) in [6, 6.07) is 10.7. The van der Waals surface area contributed by atoms with Crippen molar-refractivity contribution in [3.05, 3.63) is 76.8 Å². The number of rotatable bonds is 7. The van der Waals surface area contributed by atoms with Gasteiger partial charge in [-0.1, -0.05) is 45.9 Å². The molecule has 0 fully saturated rings. The van der Waals surface area contributed by atoms with E-state index in [1.165, 1.54) is 46.7 Å². The monoisotopic (exact) mass is 523 g/mol. The second-order valence-corrected chi connectivity index (χ2v) is 10.0. The number of aliphatic hydroxyl groups is 1. The lowest BCUT2D eigenvalue weighted by Crippen LogP contribution is -2.41. The summed E-state index contributed by atoms with van der Waals surface area (Å²) in [5.74, 6) is -0.976. The summed E-state index contributed by atoms with van der Waals surface area (Å²) in [5.41, 5.74) is -0.872. The second-order valence-electron chi connectivity index (χ2n) is 6.79. The van der Waals surface area contributed by atoms with Crippen LogP contribution < -0.4 is 0 Å². The lowest BCUT2D eigenvalue weighted by molar-refractivity contribution is 0.0133. The zero-order valence-electron chi connectivity index (χ0n) is 16.1. The normalized spacial score (nSPS) is 14.4. The van der Waals surface area contributed by atoms with Crippen LogP contribution in [-0.2, 0) is 12.1 Å². The molecule has 2 atom stereocenters. The van der Waals surface area contributed by atoms with Gasteiger partial charge in [0.15, 0.2) is 10.2 Å². The third-order valence-electron chi connectivity index (χ3n) is 4.73. The third-order valence-corrected chi connectivity index (χ3v) is 7.32. The van der Waals surface area contributed by atoms with Crippen LogP contribution in [-0.4, -0.2) is 34.5 Å². The number of hydrogen-bond acceptors (Lipinski definition) is 7. The molecule has 1 N–H and O–H groups in total. The molecule has 0 bridgehead atoms. The topological polar surface area (TPSA) is 76.7 Å². The van der Waals surface area contributed by atoms with Crippen LogP contribution in [0.4, 0.5) is 8.78 Å². The van der Waals surface area contributed by atoms with Crippen molar-refractivity contribution >= 4 is 39.2 Å². The smallest absolute Gasteiger partial charge is 0.174 e. The van der Waals surface area contributed by atoms with E-state index >= 15 is 0 Å². The maximum Gasteiger partial charge on any atom is 0.174 e. The first-order valence-electron chi connectivity index (χ1n) is 9.12. The molecular formula is C20H16BrF2N5OS2. The van der Waals surface area contributed by atoms with E-state index in [-0.39, 0.29) is 12.1 Å². The van der Waals surface area contributed by atoms with E-state index < -0.39 is 22.5 Å². The first kappa shape index (κ1) is 22.0. The molecule has 0 saturated heterocycles. The number of halogens is 3. The molecule has 0 unspecified atom stereocenters. The molecule has 0 spiro atoms. The van der Waals surface area contributed by atoms with Crippen molar-refractivity contribution < 1.29 is 13.9 Å². The van der Waals surface area contributed by atoms with Gasteiger partial charge >= 0.3 is 0 Å². The van der Waals surface area contributed by atoms with Crippen LogP contribution >= 0.6 is 39.2 Å². The predicted molar refractivity (Wildman–Crippen MR) is 119 cm³/mol. The van der Waals surface area contributed by atoms with Crippen LogP contribution in [0.2, 0.25) is 0 Å². The quantitative estimate of drug-likeness (QED) is 0.347. The Balaban J connectivity index is 1.63. The van der Waals surface area contributed by atoms with Crippen LogP contribution in [0.1, 0.15) is 12.5 Å². The number of hydrogen-bond donors (Lipinski definition) is 1. The van der Waals surface area contributed by atoms with E-state index in [1.54, 1.807) is 6.92 Å². The Labute approximate surface area is 193 Å². The highest BCUT2D eigenvalue weighted by Crippen LogP contribution is 2.40. The minimum absolute atomic E-state index is 0.0259. The van der Waals surface area contributed by atoms with Gasteiger partial charge in [0.05, 0.1) is 6.54 Å². The summed E-state index contributed by atoms with van der Waals surface area (Å²) >= 11 is 5.85. The largest absolute Gasteiger partial charge is 0.382 e. The van der Waals surface area contributed by atoms with Crippen LogP contribution in [0, 0.1) is 11.6 Å². The highest BCUT2D eigenvalue weighted by Gasteiger charge is 2.40. The van der Waals surface area contributed by atoms with Crippen molar-refractivity contribution in [2.24, 2.45) is 0 Å². The van der Waals surface area contributed by atoms with Crippen LogP contribution in [0.15, 0.2) is 63.9 Å². The fraction of sp³-hybridized carbons (Fsp3) is 0.200. The molecule has 2 heterocycles. The maximum absolute atomic E-state index is 14.6. The Hall–Kier alpha value is -2.21. The zero-order chi connectivity index (χ0) is 22.0.